The van der Waals surface area contributed by atoms with Crippen LogP contribution in [-0.4, -0.2) is 17.6 Å². The molecule has 0 spiro atoms. The van der Waals surface area contributed by atoms with E-state index in [1.807, 2.05) is 0 Å². The Morgan fingerprint density at radius 1 is 1.62 bits per heavy atom. The molecule has 0 rings (SSSR count). The first kappa shape index (κ1) is 12.0. The van der Waals surface area contributed by atoms with Crippen molar-refractivity contribution in [1.29, 1.82) is 0 Å². The molecule has 0 aliphatic heterocycles. The third-order valence-corrected chi connectivity index (χ3v) is 2.03. The molecule has 0 aromatic rings. The smallest absolute Gasteiger partial charge is 0.747 e. The van der Waals surface area contributed by atoms with Gasteiger partial charge in [0.15, 0.2) is 0 Å². The van der Waals surface area contributed by atoms with Crippen LogP contribution < -0.4 is 29.6 Å². The fraction of sp³-hybridized carbons (Fsp3) is 1.00. The van der Waals surface area contributed by atoms with Crippen molar-refractivity contribution in [2.24, 2.45) is 0 Å². The van der Waals surface area contributed by atoms with Gasteiger partial charge in [0.1, 0.15) is 10.1 Å². The van der Waals surface area contributed by atoms with Gasteiger partial charge < -0.3 is 4.55 Å². The van der Waals surface area contributed by atoms with Crippen molar-refractivity contribution in [2.45, 2.75) is 11.5 Å². The quantitative estimate of drug-likeness (QED) is 0.252. The number of rotatable bonds is 1. The van der Waals surface area contributed by atoms with Crippen molar-refractivity contribution >= 4 is 22.7 Å². The standard InChI is InChI=1S/C2H6O3S2.Na/c1-2(6)7(3,4)5;/h2,6H,1H3,(H,3,4,5);/q;+1/p-1. The molecular weight excluding hydrogens is 159 g/mol. The molecule has 44 valence electrons. The van der Waals surface area contributed by atoms with Crippen LogP contribution in [0.25, 0.3) is 0 Å². The van der Waals surface area contributed by atoms with Crippen molar-refractivity contribution in [1.82, 2.24) is 0 Å². The summed E-state index contributed by atoms with van der Waals surface area (Å²) >= 11 is 3.38. The predicted octanol–water partition coefficient (Wildman–Crippen LogP) is -3.19. The van der Waals surface area contributed by atoms with E-state index < -0.39 is 14.7 Å². The Labute approximate surface area is 76.3 Å². The molecule has 8 heavy (non-hydrogen) atoms. The molecule has 1 atom stereocenters. The molecule has 0 saturated heterocycles. The largest absolute Gasteiger partial charge is 1.00 e. The fourth-order valence-corrected chi connectivity index (χ4v) is 0. The molecule has 0 amide bonds. The molecule has 0 radical (unpaired) electrons. The van der Waals surface area contributed by atoms with Crippen molar-refractivity contribution in [2.75, 3.05) is 0 Å². The molecule has 0 aromatic heterocycles. The van der Waals surface area contributed by atoms with Gasteiger partial charge in [-0.3, -0.25) is 0 Å². The van der Waals surface area contributed by atoms with Crippen LogP contribution in [0.15, 0.2) is 0 Å². The summed E-state index contributed by atoms with van der Waals surface area (Å²) in [5.41, 5.74) is 0. The predicted molar refractivity (Wildman–Crippen MR) is 28.1 cm³/mol. The molecule has 0 N–H and O–H groups in total. The van der Waals surface area contributed by atoms with E-state index >= 15 is 0 Å². The minimum atomic E-state index is -4.13. The maximum Gasteiger partial charge on any atom is 1.00 e. The van der Waals surface area contributed by atoms with Crippen LogP contribution in [-0.2, 0) is 10.1 Å². The Balaban J connectivity index is 0. The molecule has 6 heteroatoms. The Morgan fingerprint density at radius 3 is 1.75 bits per heavy atom. The van der Waals surface area contributed by atoms with Gasteiger partial charge in [-0.05, 0) is 6.92 Å². The Hall–Kier alpha value is 1.26. The van der Waals surface area contributed by atoms with E-state index in [0.29, 0.717) is 0 Å². The van der Waals surface area contributed by atoms with Crippen LogP contribution in [0.5, 0.6) is 0 Å². The first-order valence-corrected chi connectivity index (χ1v) is 3.56. The van der Waals surface area contributed by atoms with E-state index in [1.54, 1.807) is 0 Å². The SMILES string of the molecule is CC(S)S(=O)(=O)[O-].[Na+]. The summed E-state index contributed by atoms with van der Waals surface area (Å²) < 4.78 is 28.0. The third-order valence-electron chi connectivity index (χ3n) is 0.418. The molecule has 3 nitrogen and oxygen atoms in total. The molecule has 0 bridgehead atoms. The summed E-state index contributed by atoms with van der Waals surface area (Å²) in [5.74, 6) is 0. The molecule has 0 fully saturated rings. The van der Waals surface area contributed by atoms with Gasteiger partial charge in [0.2, 0.25) is 0 Å². The summed E-state index contributed by atoms with van der Waals surface area (Å²) in [5, 5.41) is 0. The van der Waals surface area contributed by atoms with E-state index in [0.717, 1.165) is 0 Å². The molecule has 0 saturated carbocycles. The van der Waals surface area contributed by atoms with Crippen molar-refractivity contribution in [3.8, 4) is 0 Å². The average Bonchev–Trinajstić information content (AvgIpc) is 1.31. The first-order chi connectivity index (χ1) is 2.94. The second-order valence-electron chi connectivity index (χ2n) is 1.09. The number of hydrogen-bond donors (Lipinski definition) is 1. The Morgan fingerprint density at radius 2 is 1.75 bits per heavy atom. The Bertz CT molecular complexity index is 137. The van der Waals surface area contributed by atoms with Crippen LogP contribution in [0.2, 0.25) is 0 Å². The summed E-state index contributed by atoms with van der Waals surface area (Å²) in [4.78, 5) is 0. The molecular formula is C2H5NaO3S2. The van der Waals surface area contributed by atoms with E-state index in [4.69, 9.17) is 0 Å². The fourth-order valence-electron chi connectivity index (χ4n) is 0. The van der Waals surface area contributed by atoms with Gasteiger partial charge in [0.25, 0.3) is 0 Å². The molecule has 1 unspecified atom stereocenters. The van der Waals surface area contributed by atoms with Crippen molar-refractivity contribution < 1.29 is 42.5 Å². The van der Waals surface area contributed by atoms with Gasteiger partial charge in [-0.2, -0.15) is 12.6 Å². The zero-order valence-electron chi connectivity index (χ0n) is 4.66. The summed E-state index contributed by atoms with van der Waals surface area (Å²) in [6.45, 7) is 1.21. The van der Waals surface area contributed by atoms with Crippen LogP contribution in [0.4, 0.5) is 0 Å². The van der Waals surface area contributed by atoms with Gasteiger partial charge in [0, 0.05) is 0 Å². The molecule has 0 heterocycles. The topological polar surface area (TPSA) is 57.2 Å². The third kappa shape index (κ3) is 5.40. The molecule has 0 aromatic carbocycles. The maximum absolute atomic E-state index is 9.70. The monoisotopic (exact) mass is 164 g/mol. The van der Waals surface area contributed by atoms with Gasteiger partial charge in [-0.15, -0.1) is 0 Å². The van der Waals surface area contributed by atoms with Gasteiger partial charge in [0.05, 0.1) is 4.58 Å². The maximum atomic E-state index is 9.70. The van der Waals surface area contributed by atoms with Gasteiger partial charge in [-0.1, -0.05) is 0 Å². The number of thiol groups is 1. The van der Waals surface area contributed by atoms with Crippen LogP contribution in [0, 0.1) is 0 Å². The Kier molecular flexibility index (Phi) is 6.20. The van der Waals surface area contributed by atoms with Crippen molar-refractivity contribution in [3.63, 3.8) is 0 Å². The summed E-state index contributed by atoms with van der Waals surface area (Å²) in [6.07, 6.45) is 0. The first-order valence-electron chi connectivity index (χ1n) is 1.57. The van der Waals surface area contributed by atoms with Gasteiger partial charge >= 0.3 is 29.6 Å². The molecule has 0 aliphatic rings. The molecule has 0 aliphatic carbocycles. The zero-order valence-corrected chi connectivity index (χ0v) is 8.37. The van der Waals surface area contributed by atoms with Crippen LogP contribution in [0.3, 0.4) is 0 Å². The zero-order chi connectivity index (χ0) is 6.08. The average molecular weight is 164 g/mol. The van der Waals surface area contributed by atoms with E-state index in [9.17, 15) is 13.0 Å². The minimum absolute atomic E-state index is 0. The normalized spacial score (nSPS) is 14.4. The second kappa shape index (κ2) is 4.14. The minimum Gasteiger partial charge on any atom is -0.747 e. The van der Waals surface area contributed by atoms with E-state index in [-0.39, 0.29) is 29.6 Å². The number of hydrogen-bond acceptors (Lipinski definition) is 4. The second-order valence-corrected chi connectivity index (χ2v) is 3.91. The summed E-state index contributed by atoms with van der Waals surface area (Å²) in [6, 6.07) is 0. The summed E-state index contributed by atoms with van der Waals surface area (Å²) in [7, 11) is -4.13. The van der Waals surface area contributed by atoms with E-state index in [1.165, 1.54) is 6.92 Å². The van der Waals surface area contributed by atoms with Gasteiger partial charge in [-0.25, -0.2) is 8.42 Å². The van der Waals surface area contributed by atoms with Crippen molar-refractivity contribution in [3.05, 3.63) is 0 Å². The van der Waals surface area contributed by atoms with Crippen LogP contribution >= 0.6 is 12.6 Å². The van der Waals surface area contributed by atoms with E-state index in [2.05, 4.69) is 12.6 Å². The van der Waals surface area contributed by atoms with Crippen LogP contribution in [0.1, 0.15) is 6.92 Å².